The first kappa shape index (κ1) is 21.2. The molecule has 5 atom stereocenters. The number of hydrogen-bond acceptors (Lipinski definition) is 11. The molecule has 0 amide bonds. The Labute approximate surface area is 174 Å². The average Bonchev–Trinajstić information content (AvgIpc) is 3.26. The van der Waals surface area contributed by atoms with Crippen molar-refractivity contribution in [2.45, 2.75) is 30.6 Å². The summed E-state index contributed by atoms with van der Waals surface area (Å²) in [5, 5.41) is 48.1. The Hall–Kier alpha value is -3.03. The SMILES string of the molecule is COc1cc(OC)c2c(-c3cn([C@@H]4O[C@H](CO)[C@H](O)[C@H](O)[C@H]4O)nn3)cc(=O)oc2c1. The third kappa shape index (κ3) is 3.64. The molecule has 12 heteroatoms. The summed E-state index contributed by atoms with van der Waals surface area (Å²) in [6.45, 7) is -0.577. The number of aromatic nitrogens is 3. The summed E-state index contributed by atoms with van der Waals surface area (Å²) >= 11 is 0. The zero-order valence-electron chi connectivity index (χ0n) is 16.6. The molecule has 0 bridgehead atoms. The van der Waals surface area contributed by atoms with Gasteiger partial charge in [-0.05, 0) is 0 Å². The van der Waals surface area contributed by atoms with Gasteiger partial charge in [-0.25, -0.2) is 9.48 Å². The molecule has 1 aromatic carbocycles. The molecule has 12 nitrogen and oxygen atoms in total. The number of rotatable bonds is 5. The maximum atomic E-state index is 12.1. The molecular formula is C19H21N3O9. The minimum atomic E-state index is -1.57. The van der Waals surface area contributed by atoms with E-state index in [9.17, 15) is 25.2 Å². The fraction of sp³-hybridized carbons (Fsp3) is 0.421. The Morgan fingerprint density at radius 1 is 1.10 bits per heavy atom. The van der Waals surface area contributed by atoms with Crippen LogP contribution in [-0.2, 0) is 4.74 Å². The topological polar surface area (TPSA) is 170 Å². The lowest BCUT2D eigenvalue weighted by molar-refractivity contribution is -0.254. The van der Waals surface area contributed by atoms with Crippen LogP contribution in [0.4, 0.5) is 0 Å². The molecule has 4 rings (SSSR count). The molecule has 1 aliphatic heterocycles. The molecule has 0 saturated carbocycles. The van der Waals surface area contributed by atoms with Crippen LogP contribution in [0.2, 0.25) is 0 Å². The highest BCUT2D eigenvalue weighted by molar-refractivity contribution is 5.97. The van der Waals surface area contributed by atoms with Gasteiger partial charge in [-0.1, -0.05) is 5.21 Å². The number of aliphatic hydroxyl groups excluding tert-OH is 4. The van der Waals surface area contributed by atoms with Crippen LogP contribution in [-0.4, -0.2) is 80.7 Å². The van der Waals surface area contributed by atoms with Crippen LogP contribution < -0.4 is 15.1 Å². The van der Waals surface area contributed by atoms with Crippen LogP contribution in [0, 0.1) is 0 Å². The lowest BCUT2D eigenvalue weighted by Gasteiger charge is -2.39. The smallest absolute Gasteiger partial charge is 0.336 e. The molecule has 166 valence electrons. The van der Waals surface area contributed by atoms with Gasteiger partial charge in [0, 0.05) is 23.8 Å². The summed E-state index contributed by atoms with van der Waals surface area (Å²) < 4.78 is 22.5. The van der Waals surface area contributed by atoms with Crippen molar-refractivity contribution in [3.05, 3.63) is 34.8 Å². The molecule has 1 fully saturated rings. The first-order chi connectivity index (χ1) is 14.9. The first-order valence-electron chi connectivity index (χ1n) is 9.30. The Morgan fingerprint density at radius 3 is 2.55 bits per heavy atom. The fourth-order valence-electron chi connectivity index (χ4n) is 3.55. The van der Waals surface area contributed by atoms with Crippen molar-refractivity contribution in [1.29, 1.82) is 0 Å². The van der Waals surface area contributed by atoms with E-state index in [1.807, 2.05) is 0 Å². The van der Waals surface area contributed by atoms with Gasteiger partial charge in [-0.3, -0.25) is 0 Å². The zero-order valence-corrected chi connectivity index (χ0v) is 16.6. The Bertz CT molecular complexity index is 1140. The summed E-state index contributed by atoms with van der Waals surface area (Å²) in [6.07, 6.45) is -5.55. The molecule has 31 heavy (non-hydrogen) atoms. The van der Waals surface area contributed by atoms with Gasteiger partial charge in [0.15, 0.2) is 6.23 Å². The van der Waals surface area contributed by atoms with Crippen molar-refractivity contribution in [2.75, 3.05) is 20.8 Å². The second kappa shape index (κ2) is 8.24. The molecule has 0 spiro atoms. The third-order valence-corrected chi connectivity index (χ3v) is 5.15. The summed E-state index contributed by atoms with van der Waals surface area (Å²) in [5.74, 6) is 0.796. The van der Waals surface area contributed by atoms with Gasteiger partial charge in [-0.2, -0.15) is 0 Å². The van der Waals surface area contributed by atoms with Crippen LogP contribution in [0.5, 0.6) is 11.5 Å². The number of ether oxygens (including phenoxy) is 3. The van der Waals surface area contributed by atoms with Gasteiger partial charge in [-0.15, -0.1) is 5.10 Å². The van der Waals surface area contributed by atoms with Gasteiger partial charge < -0.3 is 39.1 Å². The van der Waals surface area contributed by atoms with Crippen molar-refractivity contribution in [3.63, 3.8) is 0 Å². The van der Waals surface area contributed by atoms with Crippen LogP contribution in [0.15, 0.2) is 33.6 Å². The summed E-state index contributed by atoms with van der Waals surface area (Å²) in [4.78, 5) is 12.1. The third-order valence-electron chi connectivity index (χ3n) is 5.15. The molecule has 0 aliphatic carbocycles. The second-order valence-electron chi connectivity index (χ2n) is 6.99. The number of aliphatic hydroxyl groups is 4. The minimum absolute atomic E-state index is 0.209. The predicted octanol–water partition coefficient (Wildman–Crippen LogP) is -0.959. The van der Waals surface area contributed by atoms with Crippen LogP contribution in [0.1, 0.15) is 6.23 Å². The average molecular weight is 435 g/mol. The standard InChI is InChI=1S/C19H21N3O9/c1-28-8-3-11(29-2)15-9(5-14(24)30-12(15)4-8)10-6-22(21-20-10)19-18(27)17(26)16(25)13(7-23)31-19/h3-6,13,16-19,23,25-27H,7H2,1-2H3/t13-,16+,17+,18-,19-/m1/s1. The fourth-order valence-corrected chi connectivity index (χ4v) is 3.55. The number of hydrogen-bond donors (Lipinski definition) is 4. The first-order valence-corrected chi connectivity index (χ1v) is 9.30. The van der Waals surface area contributed by atoms with E-state index < -0.39 is 42.9 Å². The number of methoxy groups -OCH3 is 2. The Morgan fingerprint density at radius 2 is 1.87 bits per heavy atom. The summed E-state index contributed by atoms with van der Waals surface area (Å²) in [7, 11) is 2.92. The molecule has 4 N–H and O–H groups in total. The van der Waals surface area contributed by atoms with Gasteiger partial charge >= 0.3 is 5.63 Å². The largest absolute Gasteiger partial charge is 0.496 e. The molecule has 3 aromatic rings. The quantitative estimate of drug-likeness (QED) is 0.364. The normalized spacial score (nSPS) is 26.2. The van der Waals surface area contributed by atoms with Crippen LogP contribution in [0.3, 0.4) is 0 Å². The second-order valence-corrected chi connectivity index (χ2v) is 6.99. The summed E-state index contributed by atoms with van der Waals surface area (Å²) in [6, 6.07) is 4.37. The van der Waals surface area contributed by atoms with Gasteiger partial charge in [0.05, 0.1) is 32.4 Å². The monoisotopic (exact) mass is 435 g/mol. The molecule has 3 heterocycles. The van der Waals surface area contributed by atoms with Crippen LogP contribution >= 0.6 is 0 Å². The van der Waals surface area contributed by atoms with E-state index in [-0.39, 0.29) is 11.3 Å². The van der Waals surface area contributed by atoms with E-state index in [1.54, 1.807) is 6.07 Å². The highest BCUT2D eigenvalue weighted by Gasteiger charge is 2.44. The van der Waals surface area contributed by atoms with Gasteiger partial charge in [0.2, 0.25) is 0 Å². The van der Waals surface area contributed by atoms with E-state index in [0.717, 1.165) is 4.68 Å². The lowest BCUT2D eigenvalue weighted by atomic mass is 9.98. The van der Waals surface area contributed by atoms with Crippen molar-refractivity contribution >= 4 is 11.0 Å². The van der Waals surface area contributed by atoms with E-state index >= 15 is 0 Å². The van der Waals surface area contributed by atoms with E-state index in [0.29, 0.717) is 22.4 Å². The van der Waals surface area contributed by atoms with Crippen molar-refractivity contribution < 1.29 is 39.1 Å². The molecule has 1 aliphatic rings. The van der Waals surface area contributed by atoms with Gasteiger partial charge in [0.25, 0.3) is 0 Å². The van der Waals surface area contributed by atoms with Crippen molar-refractivity contribution in [3.8, 4) is 22.8 Å². The molecule has 0 unspecified atom stereocenters. The summed E-state index contributed by atoms with van der Waals surface area (Å²) in [5.41, 5.74) is 0.154. The number of fused-ring (bicyclic) bond motifs is 1. The van der Waals surface area contributed by atoms with E-state index in [2.05, 4.69) is 10.3 Å². The highest BCUT2D eigenvalue weighted by Crippen LogP contribution is 2.37. The van der Waals surface area contributed by atoms with Gasteiger partial charge in [0.1, 0.15) is 47.2 Å². The molecule has 0 radical (unpaired) electrons. The van der Waals surface area contributed by atoms with Crippen molar-refractivity contribution in [1.82, 2.24) is 15.0 Å². The Balaban J connectivity index is 1.80. The molecule has 2 aromatic heterocycles. The zero-order chi connectivity index (χ0) is 22.3. The minimum Gasteiger partial charge on any atom is -0.496 e. The Kier molecular flexibility index (Phi) is 5.64. The predicted molar refractivity (Wildman–Crippen MR) is 104 cm³/mol. The molecule has 1 saturated heterocycles. The number of nitrogens with zero attached hydrogens (tertiary/aromatic N) is 3. The highest BCUT2D eigenvalue weighted by atomic mass is 16.6. The van der Waals surface area contributed by atoms with E-state index in [4.69, 9.17) is 18.6 Å². The van der Waals surface area contributed by atoms with E-state index in [1.165, 1.54) is 32.5 Å². The lowest BCUT2D eigenvalue weighted by Crippen LogP contribution is -2.56. The molecular weight excluding hydrogens is 414 g/mol. The number of benzene rings is 1. The maximum absolute atomic E-state index is 12.1. The van der Waals surface area contributed by atoms with Crippen molar-refractivity contribution in [2.24, 2.45) is 0 Å². The van der Waals surface area contributed by atoms with Crippen LogP contribution in [0.25, 0.3) is 22.2 Å². The maximum Gasteiger partial charge on any atom is 0.336 e.